The zero-order valence-corrected chi connectivity index (χ0v) is 19.0. The van der Waals surface area contributed by atoms with Gasteiger partial charge in [-0.25, -0.2) is 18.0 Å². The van der Waals surface area contributed by atoms with Gasteiger partial charge in [0.1, 0.15) is 5.82 Å². The molecule has 2 heterocycles. The van der Waals surface area contributed by atoms with Crippen molar-refractivity contribution in [2.24, 2.45) is 0 Å². The Morgan fingerprint density at radius 2 is 1.75 bits per heavy atom. The number of halogens is 6. The molecule has 0 spiro atoms. The van der Waals surface area contributed by atoms with Gasteiger partial charge in [0, 0.05) is 37.3 Å². The van der Waals surface area contributed by atoms with Crippen LogP contribution in [-0.2, 0) is 12.7 Å². The minimum Gasteiger partial charge on any atom is -0.413 e. The summed E-state index contributed by atoms with van der Waals surface area (Å²) < 4.78 is 86.4. The quantitative estimate of drug-likeness (QED) is 0.453. The molecule has 4 rings (SSSR count). The summed E-state index contributed by atoms with van der Waals surface area (Å²) in [5.41, 5.74) is -0.573. The number of carbonyl (C=O) groups excluding carboxylic acids is 1. The molecule has 2 amide bonds. The lowest BCUT2D eigenvalue weighted by Gasteiger charge is -2.37. The number of benzene rings is 2. The summed E-state index contributed by atoms with van der Waals surface area (Å²) in [6.07, 6.45) is -4.86. The second-order valence-corrected chi connectivity index (χ2v) is 8.08. The summed E-state index contributed by atoms with van der Waals surface area (Å²) in [6.45, 7) is 4.20. The van der Waals surface area contributed by atoms with Crippen molar-refractivity contribution in [2.75, 3.05) is 37.6 Å². The summed E-state index contributed by atoms with van der Waals surface area (Å²) in [7, 11) is 0. The third-order valence-corrected chi connectivity index (χ3v) is 5.84. The number of rotatable bonds is 5. The number of nitrogens with zero attached hydrogens (tertiary/aromatic N) is 5. The van der Waals surface area contributed by atoms with Gasteiger partial charge in [-0.1, -0.05) is 19.1 Å². The Bertz CT molecular complexity index is 1240. The predicted molar refractivity (Wildman–Crippen MR) is 116 cm³/mol. The summed E-state index contributed by atoms with van der Waals surface area (Å²) in [5.74, 6) is -5.48. The largest absolute Gasteiger partial charge is 0.470 e. The van der Waals surface area contributed by atoms with Gasteiger partial charge in [-0.3, -0.25) is 4.90 Å². The fourth-order valence-electron chi connectivity index (χ4n) is 3.82. The van der Waals surface area contributed by atoms with E-state index < -0.39 is 48.0 Å². The zero-order valence-electron chi connectivity index (χ0n) is 19.0. The maximum absolute atomic E-state index is 15.0. The van der Waals surface area contributed by atoms with Gasteiger partial charge in [-0.2, -0.15) is 13.2 Å². The highest BCUT2D eigenvalue weighted by atomic mass is 19.4. The van der Waals surface area contributed by atoms with E-state index in [0.29, 0.717) is 26.2 Å². The predicted octanol–water partition coefficient (Wildman–Crippen LogP) is 4.94. The van der Waals surface area contributed by atoms with Crippen LogP contribution in [0.1, 0.15) is 18.4 Å². The van der Waals surface area contributed by atoms with Crippen LogP contribution in [0.15, 0.2) is 40.8 Å². The van der Waals surface area contributed by atoms with Gasteiger partial charge in [0.05, 0.1) is 12.2 Å². The van der Waals surface area contributed by atoms with E-state index in [4.69, 9.17) is 0 Å². The van der Waals surface area contributed by atoms with E-state index in [-0.39, 0.29) is 16.8 Å². The van der Waals surface area contributed by atoms with Crippen molar-refractivity contribution < 1.29 is 35.6 Å². The smallest absolute Gasteiger partial charge is 0.413 e. The van der Waals surface area contributed by atoms with E-state index in [1.54, 1.807) is 0 Å². The van der Waals surface area contributed by atoms with Crippen LogP contribution >= 0.6 is 0 Å². The Balaban J connectivity index is 1.63. The Morgan fingerprint density at radius 1 is 1.03 bits per heavy atom. The molecule has 3 aromatic rings. The van der Waals surface area contributed by atoms with Gasteiger partial charge in [0.15, 0.2) is 11.6 Å². The Morgan fingerprint density at radius 3 is 2.36 bits per heavy atom. The van der Waals surface area contributed by atoms with Crippen molar-refractivity contribution in [1.82, 2.24) is 20.0 Å². The maximum atomic E-state index is 15.0. The first-order chi connectivity index (χ1) is 17.1. The normalized spacial score (nSPS) is 14.8. The lowest BCUT2D eigenvalue weighted by molar-refractivity contribution is -0.156. The van der Waals surface area contributed by atoms with Crippen molar-refractivity contribution in [3.05, 3.63) is 65.3 Å². The summed E-state index contributed by atoms with van der Waals surface area (Å²) >= 11 is 0. The molecule has 13 heteroatoms. The van der Waals surface area contributed by atoms with Gasteiger partial charge in [-0.05, 0) is 30.8 Å². The maximum Gasteiger partial charge on any atom is 0.470 e. The molecule has 0 radical (unpaired) electrons. The molecule has 7 nitrogen and oxygen atoms in total. The third kappa shape index (κ3) is 5.30. The topological polar surface area (TPSA) is 65.7 Å². The number of carbonyl (C=O) groups is 1. The molecule has 1 aliphatic rings. The number of alkyl halides is 3. The highest BCUT2D eigenvalue weighted by Gasteiger charge is 2.38. The Kier molecular flexibility index (Phi) is 7.20. The molecule has 1 aliphatic heterocycles. The van der Waals surface area contributed by atoms with E-state index in [1.807, 2.05) is 6.92 Å². The minimum atomic E-state index is -4.86. The zero-order chi connectivity index (χ0) is 26.0. The van der Waals surface area contributed by atoms with Crippen molar-refractivity contribution in [3.63, 3.8) is 0 Å². The fourth-order valence-corrected chi connectivity index (χ4v) is 3.82. The number of piperazine rings is 1. The molecule has 0 aliphatic carbocycles. The fraction of sp³-hybridized carbons (Fsp3) is 0.348. The molecule has 1 aromatic heterocycles. The van der Waals surface area contributed by atoms with Crippen LogP contribution < -0.4 is 4.90 Å². The molecule has 0 bridgehead atoms. The highest BCUT2D eigenvalue weighted by molar-refractivity contribution is 5.92. The Labute approximate surface area is 201 Å². The van der Waals surface area contributed by atoms with Gasteiger partial charge < -0.3 is 14.2 Å². The molecule has 0 atom stereocenters. The third-order valence-electron chi connectivity index (χ3n) is 5.84. The number of hydrogen-bond donors (Lipinski definition) is 0. The van der Waals surface area contributed by atoms with Gasteiger partial charge in [-0.15, -0.1) is 10.2 Å². The van der Waals surface area contributed by atoms with Crippen LogP contribution in [0, 0.1) is 17.5 Å². The summed E-state index contributed by atoms with van der Waals surface area (Å²) in [5, 5.41) is 6.19. The molecule has 2 aromatic carbocycles. The first-order valence-corrected chi connectivity index (χ1v) is 11.0. The number of amides is 2. The second kappa shape index (κ2) is 10.2. The molecule has 0 saturated carbocycles. The van der Waals surface area contributed by atoms with Gasteiger partial charge >= 0.3 is 18.1 Å². The SMILES string of the molecule is CCN1CCN(C(=O)N(Cc2ccc(-c3nnc(C(F)(F)F)o3)cc2F)c2cccc(F)c2F)CC1. The molecule has 1 saturated heterocycles. The number of likely N-dealkylation sites (N-methyl/N-ethyl adjacent to an activating group) is 1. The van der Waals surface area contributed by atoms with Crippen LogP contribution in [0.3, 0.4) is 0 Å². The molecular formula is C23H21F6N5O2. The van der Waals surface area contributed by atoms with Crippen molar-refractivity contribution in [2.45, 2.75) is 19.6 Å². The van der Waals surface area contributed by atoms with E-state index >= 15 is 0 Å². The van der Waals surface area contributed by atoms with Crippen LogP contribution in [0.2, 0.25) is 0 Å². The monoisotopic (exact) mass is 513 g/mol. The molecule has 192 valence electrons. The summed E-state index contributed by atoms with van der Waals surface area (Å²) in [6, 6.07) is 6.01. The Hall–Kier alpha value is -3.61. The average Bonchev–Trinajstić information content (AvgIpc) is 3.36. The van der Waals surface area contributed by atoms with Crippen LogP contribution in [0.5, 0.6) is 0 Å². The first kappa shape index (κ1) is 25.5. The lowest BCUT2D eigenvalue weighted by Crippen LogP contribution is -2.53. The lowest BCUT2D eigenvalue weighted by atomic mass is 10.1. The molecular weight excluding hydrogens is 492 g/mol. The number of anilines is 1. The number of hydrogen-bond acceptors (Lipinski definition) is 5. The number of urea groups is 1. The summed E-state index contributed by atoms with van der Waals surface area (Å²) in [4.78, 5) is 17.9. The van der Waals surface area contributed by atoms with Crippen molar-refractivity contribution in [3.8, 4) is 11.5 Å². The first-order valence-electron chi connectivity index (χ1n) is 11.0. The standard InChI is InChI=1S/C23H21F6N5O2/c1-2-32-8-10-33(11-9-32)22(35)34(18-5-3-4-16(24)19(18)26)13-15-7-6-14(12-17(15)25)20-30-31-21(36-20)23(27,28)29/h3-7,12H,2,8-11,13H2,1H3. The highest BCUT2D eigenvalue weighted by Crippen LogP contribution is 2.31. The minimum absolute atomic E-state index is 0.0847. The van der Waals surface area contributed by atoms with Crippen LogP contribution in [0.25, 0.3) is 11.5 Å². The molecule has 1 fully saturated rings. The van der Waals surface area contributed by atoms with Crippen molar-refractivity contribution >= 4 is 11.7 Å². The van der Waals surface area contributed by atoms with E-state index in [0.717, 1.165) is 23.6 Å². The van der Waals surface area contributed by atoms with Crippen molar-refractivity contribution in [1.29, 1.82) is 0 Å². The molecule has 36 heavy (non-hydrogen) atoms. The van der Waals surface area contributed by atoms with E-state index in [9.17, 15) is 31.1 Å². The van der Waals surface area contributed by atoms with Gasteiger partial charge in [0.25, 0.3) is 0 Å². The molecule has 0 N–H and O–H groups in total. The van der Waals surface area contributed by atoms with Crippen LogP contribution in [0.4, 0.5) is 36.8 Å². The van der Waals surface area contributed by atoms with Gasteiger partial charge in [0.2, 0.25) is 5.89 Å². The van der Waals surface area contributed by atoms with E-state index in [1.165, 1.54) is 29.2 Å². The van der Waals surface area contributed by atoms with Crippen LogP contribution in [-0.4, -0.2) is 58.8 Å². The average molecular weight is 513 g/mol. The van der Waals surface area contributed by atoms with E-state index in [2.05, 4.69) is 19.5 Å². The number of aromatic nitrogens is 2. The second-order valence-electron chi connectivity index (χ2n) is 8.08. The molecule has 0 unspecified atom stereocenters.